The molecule has 264 valence electrons. The highest BCUT2D eigenvalue weighted by Crippen LogP contribution is 2.46. The van der Waals surface area contributed by atoms with Gasteiger partial charge in [-0.15, -0.1) is 0 Å². The third kappa shape index (κ3) is 6.23. The number of pyridine rings is 2. The Morgan fingerprint density at radius 2 is 1.88 bits per heavy atom. The van der Waals surface area contributed by atoms with Crippen LogP contribution in [0.2, 0.25) is 0 Å². The molecule has 11 nitrogen and oxygen atoms in total. The minimum absolute atomic E-state index is 0.202. The summed E-state index contributed by atoms with van der Waals surface area (Å²) >= 11 is 0. The van der Waals surface area contributed by atoms with Crippen molar-refractivity contribution in [1.29, 1.82) is 5.26 Å². The van der Waals surface area contributed by atoms with Crippen molar-refractivity contribution >= 4 is 39.4 Å². The normalized spacial score (nSPS) is 23.7. The topological polar surface area (TPSA) is 152 Å². The number of benzene rings is 2. The quantitative estimate of drug-likeness (QED) is 0.166. The summed E-state index contributed by atoms with van der Waals surface area (Å²) in [5.74, 6) is -0.390. The molecule has 2 unspecified atom stereocenters. The van der Waals surface area contributed by atoms with Crippen molar-refractivity contribution in [2.75, 3.05) is 31.5 Å². The van der Waals surface area contributed by atoms with E-state index in [-0.39, 0.29) is 17.9 Å². The monoisotopic (exact) mass is 695 g/mol. The summed E-state index contributed by atoms with van der Waals surface area (Å²) in [4.78, 5) is 30.7. The Morgan fingerprint density at radius 3 is 2.65 bits per heavy atom. The number of carboxylic acids is 1. The lowest BCUT2D eigenvalue weighted by Crippen LogP contribution is -2.42. The summed E-state index contributed by atoms with van der Waals surface area (Å²) < 4.78 is 6.64. The van der Waals surface area contributed by atoms with Crippen LogP contribution in [0.4, 0.5) is 5.82 Å². The number of nitrogens with zero attached hydrogens (tertiary/aromatic N) is 6. The zero-order chi connectivity index (χ0) is 36.0. The molecule has 5 heterocycles. The number of nitrogens with one attached hydrogen (secondary N) is 1. The van der Waals surface area contributed by atoms with E-state index in [1.165, 1.54) is 0 Å². The maximum Gasteiger partial charge on any atom is 0.307 e. The fraction of sp³-hybridized carbons (Fsp3) is 0.341. The Hall–Kier alpha value is -5.41. The van der Waals surface area contributed by atoms with Crippen LogP contribution < -0.4 is 5.32 Å². The number of aliphatic hydroxyl groups is 1. The molecule has 2 fully saturated rings. The highest BCUT2D eigenvalue weighted by atomic mass is 16.4. The van der Waals surface area contributed by atoms with Gasteiger partial charge in [0.15, 0.2) is 11.4 Å². The van der Waals surface area contributed by atoms with Crippen LogP contribution in [-0.2, 0) is 23.4 Å². The van der Waals surface area contributed by atoms with Crippen LogP contribution in [0.5, 0.6) is 0 Å². The highest BCUT2D eigenvalue weighted by molar-refractivity contribution is 5.89. The second kappa shape index (κ2) is 13.6. The molecule has 0 spiro atoms. The third-order valence-corrected chi connectivity index (χ3v) is 10.9. The number of rotatable bonds is 9. The fourth-order valence-electron chi connectivity index (χ4n) is 8.09. The molecule has 3 aliphatic rings. The lowest BCUT2D eigenvalue weighted by molar-refractivity contribution is -0.141. The summed E-state index contributed by atoms with van der Waals surface area (Å²) in [6.07, 6.45) is 11.0. The molecule has 11 heteroatoms. The van der Waals surface area contributed by atoms with Crippen molar-refractivity contribution < 1.29 is 19.4 Å². The Balaban J connectivity index is 1.20. The van der Waals surface area contributed by atoms with E-state index in [1.807, 2.05) is 42.6 Å². The molecule has 2 aromatic carbocycles. The zero-order valence-corrected chi connectivity index (χ0v) is 29.3. The number of oxazole rings is 1. The number of fused-ring (bicyclic) bond motifs is 2. The number of aryl methyl sites for hydroxylation is 1. The molecule has 3 N–H and O–H groups in total. The van der Waals surface area contributed by atoms with E-state index in [2.05, 4.69) is 65.4 Å². The number of likely N-dealkylation sites (tertiary alicyclic amines) is 2. The number of anilines is 1. The number of hydrogen-bond donors (Lipinski definition) is 3. The first kappa shape index (κ1) is 33.7. The predicted molar refractivity (Wildman–Crippen MR) is 198 cm³/mol. The van der Waals surface area contributed by atoms with Crippen LogP contribution in [0.25, 0.3) is 27.6 Å². The summed E-state index contributed by atoms with van der Waals surface area (Å²) in [6.45, 7) is 8.14. The average Bonchev–Trinajstić information content (AvgIpc) is 3.90. The van der Waals surface area contributed by atoms with E-state index in [1.54, 1.807) is 6.20 Å². The molecule has 4 atom stereocenters. The van der Waals surface area contributed by atoms with E-state index < -0.39 is 11.5 Å². The molecule has 2 aliphatic heterocycles. The summed E-state index contributed by atoms with van der Waals surface area (Å²) in [6, 6.07) is 18.5. The second-order valence-corrected chi connectivity index (χ2v) is 14.4. The van der Waals surface area contributed by atoms with Crippen LogP contribution in [-0.4, -0.2) is 73.2 Å². The first-order valence-corrected chi connectivity index (χ1v) is 17.9. The van der Waals surface area contributed by atoms with Gasteiger partial charge < -0.3 is 19.9 Å². The number of aliphatic carboxylic acids is 1. The number of allylic oxidation sites excluding steroid dienone is 2. The molecule has 3 aromatic heterocycles. The molecule has 0 saturated carbocycles. The molecule has 0 radical (unpaired) electrons. The van der Waals surface area contributed by atoms with E-state index in [0.717, 1.165) is 46.2 Å². The Kier molecular flexibility index (Phi) is 8.83. The van der Waals surface area contributed by atoms with Gasteiger partial charge in [0, 0.05) is 56.4 Å². The van der Waals surface area contributed by atoms with Gasteiger partial charge in [-0.3, -0.25) is 19.6 Å². The average molecular weight is 696 g/mol. The molecule has 0 amide bonds. The highest BCUT2D eigenvalue weighted by Gasteiger charge is 2.45. The Morgan fingerprint density at radius 1 is 1.08 bits per heavy atom. The van der Waals surface area contributed by atoms with Crippen molar-refractivity contribution in [2.45, 2.75) is 51.4 Å². The van der Waals surface area contributed by atoms with Gasteiger partial charge in [0.2, 0.25) is 5.89 Å². The van der Waals surface area contributed by atoms with Gasteiger partial charge in [-0.25, -0.2) is 9.97 Å². The van der Waals surface area contributed by atoms with Gasteiger partial charge in [0.1, 0.15) is 22.6 Å². The van der Waals surface area contributed by atoms with E-state index in [4.69, 9.17) is 19.4 Å². The van der Waals surface area contributed by atoms with Crippen molar-refractivity contribution in [1.82, 2.24) is 24.8 Å². The van der Waals surface area contributed by atoms with Crippen molar-refractivity contribution in [3.63, 3.8) is 0 Å². The number of aromatic nitrogens is 3. The largest absolute Gasteiger partial charge is 0.481 e. The van der Waals surface area contributed by atoms with Gasteiger partial charge in [-0.2, -0.15) is 5.26 Å². The van der Waals surface area contributed by atoms with Crippen LogP contribution >= 0.6 is 0 Å². The van der Waals surface area contributed by atoms with Crippen LogP contribution in [0.15, 0.2) is 83.6 Å². The van der Waals surface area contributed by atoms with Crippen LogP contribution in [0.3, 0.4) is 0 Å². The van der Waals surface area contributed by atoms with E-state index >= 15 is 0 Å². The minimum Gasteiger partial charge on any atom is -0.481 e. The van der Waals surface area contributed by atoms with Crippen molar-refractivity contribution in [3.05, 3.63) is 113 Å². The van der Waals surface area contributed by atoms with Gasteiger partial charge >= 0.3 is 5.97 Å². The number of hydrogen-bond acceptors (Lipinski definition) is 10. The van der Waals surface area contributed by atoms with Gasteiger partial charge in [0.05, 0.1) is 17.6 Å². The minimum atomic E-state index is -1.02. The lowest BCUT2D eigenvalue weighted by atomic mass is 9.73. The van der Waals surface area contributed by atoms with E-state index in [0.29, 0.717) is 73.0 Å². The van der Waals surface area contributed by atoms with Crippen LogP contribution in [0, 0.1) is 30.1 Å². The molecule has 2 saturated heterocycles. The summed E-state index contributed by atoms with van der Waals surface area (Å²) in [5.41, 5.74) is 6.34. The van der Waals surface area contributed by atoms with E-state index in [9.17, 15) is 20.3 Å². The molecular formula is C41H41N7O4. The number of carboxylic acid groups (broad SMARTS) is 1. The molecule has 5 aromatic rings. The summed E-state index contributed by atoms with van der Waals surface area (Å²) in [5, 5.41) is 34.5. The van der Waals surface area contributed by atoms with Gasteiger partial charge in [-0.05, 0) is 84.5 Å². The lowest BCUT2D eigenvalue weighted by Gasteiger charge is -2.39. The first-order chi connectivity index (χ1) is 25.2. The number of β-amino-alcohol motifs (C(OH)–C–C–N with tert-alkyl or cyclic N) is 1. The Labute approximate surface area is 301 Å². The molecule has 8 rings (SSSR count). The first-order valence-electron chi connectivity index (χ1n) is 17.9. The van der Waals surface area contributed by atoms with Crippen molar-refractivity contribution in [3.8, 4) is 6.07 Å². The molecular weight excluding hydrogens is 654 g/mol. The number of aliphatic hydroxyl groups excluding tert-OH is 1. The number of nitriles is 1. The number of carbonyl (C=O) groups is 1. The molecule has 1 aliphatic carbocycles. The second-order valence-electron chi connectivity index (χ2n) is 14.4. The van der Waals surface area contributed by atoms with Gasteiger partial charge in [-0.1, -0.05) is 43.3 Å². The maximum absolute atomic E-state index is 11.6. The van der Waals surface area contributed by atoms with Crippen LogP contribution in [0.1, 0.15) is 53.5 Å². The SMILES string of the molecule is Cc1ccccc1C1=CC=CC(Nc2nccc3cc(CN4CC[C@@H](O)C4)cnc23)(c2nc3cc(CN4CC[C@H](C(=O)O)C4)cc(C#N)c3o2)C1C. The molecule has 52 heavy (non-hydrogen) atoms. The maximum atomic E-state index is 11.6. The zero-order valence-electron chi connectivity index (χ0n) is 29.3. The Bertz CT molecular complexity index is 2290. The standard InChI is InChI=1S/C41H41N7O4/c1-25-6-3-4-7-33(25)34-8-5-12-41(26(34)2,46-38-36-29(9-13-43-38)17-28(20-44-36)22-48-15-11-32(49)24-48)40-45-35-18-27(16-31(19-42)37(35)52-40)21-47-14-10-30(23-47)39(50)51/h3-9,12-13,16-18,20,26,30,32,49H,10-11,14-15,21-24H2,1-2H3,(H,43,46)(H,50,51)/t26?,30-,32+,41?/m0/s1. The summed E-state index contributed by atoms with van der Waals surface area (Å²) in [7, 11) is 0. The third-order valence-electron chi connectivity index (χ3n) is 10.9. The van der Waals surface area contributed by atoms with Gasteiger partial charge in [0.25, 0.3) is 0 Å². The molecule has 0 bridgehead atoms. The fourth-order valence-corrected chi connectivity index (χ4v) is 8.09. The predicted octanol–water partition coefficient (Wildman–Crippen LogP) is 6.02. The smallest absolute Gasteiger partial charge is 0.307 e. The van der Waals surface area contributed by atoms with Crippen molar-refractivity contribution in [2.24, 2.45) is 11.8 Å².